The summed E-state index contributed by atoms with van der Waals surface area (Å²) >= 11 is 0. The maximum Gasteiger partial charge on any atom is 1.00 e. The molecule has 0 bridgehead atoms. The molecule has 1 aromatic heterocycles. The van der Waals surface area contributed by atoms with E-state index in [1.807, 2.05) is 31.2 Å². The molecule has 0 aliphatic carbocycles. The van der Waals surface area contributed by atoms with Crippen LogP contribution < -0.4 is 109 Å². The first-order chi connectivity index (χ1) is 8.31. The first-order valence-electron chi connectivity index (χ1n) is 5.06. The molecule has 0 spiro atoms. The molecule has 0 saturated heterocycles. The third kappa shape index (κ3) is 11.7. The maximum atomic E-state index is 11.3. The van der Waals surface area contributed by atoms with Gasteiger partial charge >= 0.3 is 94.3 Å². The van der Waals surface area contributed by atoms with Gasteiger partial charge in [0.05, 0.1) is 0 Å². The molecule has 21 heavy (non-hydrogen) atoms. The summed E-state index contributed by atoms with van der Waals surface area (Å²) in [6.07, 6.45) is 0.715. The Balaban J connectivity index is -0.000000360. The number of hydrogen-bond acceptors (Lipinski definition) is 6. The summed E-state index contributed by atoms with van der Waals surface area (Å²) in [6.45, 7) is 1.95. The van der Waals surface area contributed by atoms with E-state index >= 15 is 0 Å². The van der Waals surface area contributed by atoms with Crippen LogP contribution in [0.15, 0.2) is 39.5 Å². The molecular weight excluding hydrogens is 328 g/mol. The van der Waals surface area contributed by atoms with E-state index in [1.165, 1.54) is 0 Å². The summed E-state index contributed by atoms with van der Waals surface area (Å²) in [6, 6.07) is 9.42. The smallest absolute Gasteiger partial charge is 0.822 e. The predicted octanol–water partition coefficient (Wildman–Crippen LogP) is -9.46. The van der Waals surface area contributed by atoms with Gasteiger partial charge in [-0.25, -0.2) is 4.79 Å². The quantitative estimate of drug-likeness (QED) is 0.290. The van der Waals surface area contributed by atoms with Gasteiger partial charge in [-0.2, -0.15) is 7.82 Å². The van der Waals surface area contributed by atoms with Gasteiger partial charge < -0.3 is 23.7 Å². The van der Waals surface area contributed by atoms with Crippen molar-refractivity contribution in [3.63, 3.8) is 0 Å². The molecule has 10 heteroatoms. The largest absolute Gasteiger partial charge is 1.00 e. The van der Waals surface area contributed by atoms with E-state index in [-0.39, 0.29) is 94.3 Å². The molecule has 0 saturated carbocycles. The minimum atomic E-state index is -5.39. The number of aryl methyl sites for hydroxylation is 1. The summed E-state index contributed by atoms with van der Waals surface area (Å²) in [4.78, 5) is 36.9. The fourth-order valence-electron chi connectivity index (χ4n) is 1.35. The molecule has 0 radical (unpaired) electrons. The van der Waals surface area contributed by atoms with Crippen LogP contribution in [-0.4, -0.2) is 0 Å². The Morgan fingerprint density at radius 1 is 1.10 bits per heavy atom. The van der Waals surface area contributed by atoms with Gasteiger partial charge in [-0.1, -0.05) is 25.1 Å². The van der Waals surface area contributed by atoms with E-state index in [0.29, 0.717) is 12.0 Å². The molecular formula is C11H10Na3O6P. The zero-order chi connectivity index (χ0) is 13.8. The van der Waals surface area contributed by atoms with Crippen molar-refractivity contribution in [2.24, 2.45) is 0 Å². The standard InChI is InChI=1S/C11H10O2.3Na.H3O4P/c1-2-8-7-9-5-3-4-6-10(9)13-11(8)12;;;;1-5(2,3)4/h3-7H,2H2,1H3;;;;(H3,1,2,3,4)/q;3*+1;/p-3. The molecule has 2 rings (SSSR count). The fraction of sp³-hybridized carbons (Fsp3) is 0.182. The van der Waals surface area contributed by atoms with Gasteiger partial charge in [0.1, 0.15) is 5.58 Å². The third-order valence-electron chi connectivity index (χ3n) is 2.09. The number of benzene rings is 1. The zero-order valence-corrected chi connectivity index (χ0v) is 19.4. The van der Waals surface area contributed by atoms with Crippen LogP contribution in [-0.2, 0) is 11.0 Å². The molecule has 0 fully saturated rings. The average Bonchev–Trinajstić information content (AvgIpc) is 2.26. The molecule has 0 N–H and O–H groups in total. The number of phosphoric acid groups is 1. The van der Waals surface area contributed by atoms with Crippen molar-refractivity contribution in [3.8, 4) is 0 Å². The average molecular weight is 338 g/mol. The maximum absolute atomic E-state index is 11.3. The van der Waals surface area contributed by atoms with Gasteiger partial charge in [0, 0.05) is 10.9 Å². The summed E-state index contributed by atoms with van der Waals surface area (Å²) < 4.78 is 13.7. The molecule has 1 aromatic carbocycles. The Morgan fingerprint density at radius 3 is 2.05 bits per heavy atom. The summed E-state index contributed by atoms with van der Waals surface area (Å²) in [5.41, 5.74) is 1.17. The van der Waals surface area contributed by atoms with Crippen molar-refractivity contribution < 1.29 is 112 Å². The van der Waals surface area contributed by atoms with Crippen molar-refractivity contribution >= 4 is 18.8 Å². The normalized spacial score (nSPS) is 9.33. The molecule has 6 nitrogen and oxygen atoms in total. The Bertz CT molecular complexity index is 631. The zero-order valence-electron chi connectivity index (χ0n) is 12.5. The van der Waals surface area contributed by atoms with Crippen molar-refractivity contribution in [1.82, 2.24) is 0 Å². The summed E-state index contributed by atoms with van der Waals surface area (Å²) in [7, 11) is -5.39. The first-order valence-corrected chi connectivity index (χ1v) is 6.52. The third-order valence-corrected chi connectivity index (χ3v) is 2.09. The minimum absolute atomic E-state index is 0. The first kappa shape index (κ1) is 27.4. The van der Waals surface area contributed by atoms with Crippen LogP contribution in [0.5, 0.6) is 0 Å². The second kappa shape index (κ2) is 12.9. The number of fused-ring (bicyclic) bond motifs is 1. The van der Waals surface area contributed by atoms with Crippen molar-refractivity contribution in [2.75, 3.05) is 0 Å². The van der Waals surface area contributed by atoms with E-state index < -0.39 is 7.82 Å². The second-order valence-electron chi connectivity index (χ2n) is 3.40. The molecule has 2 aromatic rings. The van der Waals surface area contributed by atoms with Gasteiger partial charge in [-0.05, 0) is 18.6 Å². The molecule has 98 valence electrons. The second-order valence-corrected chi connectivity index (χ2v) is 4.29. The molecule has 0 amide bonds. The van der Waals surface area contributed by atoms with Gasteiger partial charge in [0.25, 0.3) is 0 Å². The van der Waals surface area contributed by atoms with E-state index in [4.69, 9.17) is 23.7 Å². The van der Waals surface area contributed by atoms with Crippen molar-refractivity contribution in [1.29, 1.82) is 0 Å². The number of rotatable bonds is 1. The Morgan fingerprint density at radius 2 is 1.57 bits per heavy atom. The van der Waals surface area contributed by atoms with Crippen molar-refractivity contribution in [2.45, 2.75) is 13.3 Å². The fourth-order valence-corrected chi connectivity index (χ4v) is 1.35. The van der Waals surface area contributed by atoms with Gasteiger partial charge in [0.15, 0.2) is 0 Å². The Hall–Kier alpha value is 1.54. The van der Waals surface area contributed by atoms with E-state index in [2.05, 4.69) is 0 Å². The van der Waals surface area contributed by atoms with E-state index in [1.54, 1.807) is 6.07 Å². The number of hydrogen-bond donors (Lipinski definition) is 0. The Labute approximate surface area is 188 Å². The van der Waals surface area contributed by atoms with Crippen LogP contribution in [0.1, 0.15) is 12.5 Å². The van der Waals surface area contributed by atoms with Crippen LogP contribution >= 0.6 is 7.82 Å². The summed E-state index contributed by atoms with van der Waals surface area (Å²) in [5.74, 6) is 0. The molecule has 0 aliphatic rings. The summed E-state index contributed by atoms with van der Waals surface area (Å²) in [5, 5.41) is 0.985. The molecule has 0 aliphatic heterocycles. The molecule has 0 unspecified atom stereocenters. The van der Waals surface area contributed by atoms with E-state index in [0.717, 1.165) is 10.9 Å². The van der Waals surface area contributed by atoms with Crippen LogP contribution in [0.4, 0.5) is 0 Å². The van der Waals surface area contributed by atoms with Gasteiger partial charge in [0.2, 0.25) is 0 Å². The minimum Gasteiger partial charge on any atom is -0.822 e. The topological polar surface area (TPSA) is 116 Å². The van der Waals surface area contributed by atoms with Gasteiger partial charge in [-0.3, -0.25) is 0 Å². The van der Waals surface area contributed by atoms with E-state index in [9.17, 15) is 4.79 Å². The number of para-hydroxylation sites is 1. The van der Waals surface area contributed by atoms with Crippen LogP contribution in [0.2, 0.25) is 0 Å². The van der Waals surface area contributed by atoms with Crippen LogP contribution in [0, 0.1) is 0 Å². The predicted molar refractivity (Wildman–Crippen MR) is 59.5 cm³/mol. The van der Waals surface area contributed by atoms with Crippen LogP contribution in [0.3, 0.4) is 0 Å². The molecule has 1 heterocycles. The monoisotopic (exact) mass is 338 g/mol. The SMILES string of the molecule is CCc1cc2ccccc2oc1=O.O=P([O-])([O-])[O-].[Na+].[Na+].[Na+]. The van der Waals surface area contributed by atoms with Crippen molar-refractivity contribution in [3.05, 3.63) is 46.3 Å². The van der Waals surface area contributed by atoms with Gasteiger partial charge in [-0.15, -0.1) is 0 Å². The van der Waals surface area contributed by atoms with Crippen LogP contribution in [0.25, 0.3) is 11.0 Å². The Kier molecular flexibility index (Phi) is 16.8. The molecule has 0 atom stereocenters.